The minimum absolute atomic E-state index is 0.0516. The van der Waals surface area contributed by atoms with E-state index >= 15 is 0 Å². The number of alkyl halides is 6. The maximum absolute atomic E-state index is 14.4. The van der Waals surface area contributed by atoms with Crippen molar-refractivity contribution in [2.45, 2.75) is 30.9 Å². The molecule has 3 atom stereocenters. The van der Waals surface area contributed by atoms with Crippen LogP contribution in [0.15, 0.2) is 42.6 Å². The van der Waals surface area contributed by atoms with Crippen LogP contribution in [-0.2, 0) is 11.0 Å². The summed E-state index contributed by atoms with van der Waals surface area (Å²) in [6, 6.07) is 4.66. The van der Waals surface area contributed by atoms with E-state index in [-0.39, 0.29) is 21.6 Å². The van der Waals surface area contributed by atoms with Gasteiger partial charge in [0.1, 0.15) is 11.6 Å². The van der Waals surface area contributed by atoms with Gasteiger partial charge in [0, 0.05) is 11.8 Å². The number of carboxylic acids is 1. The van der Waals surface area contributed by atoms with Crippen LogP contribution in [0.3, 0.4) is 0 Å². The number of benzene rings is 1. The molecule has 2 heterocycles. The van der Waals surface area contributed by atoms with Gasteiger partial charge in [-0.2, -0.15) is 13.2 Å². The van der Waals surface area contributed by atoms with Crippen LogP contribution in [0.1, 0.15) is 39.1 Å². The predicted octanol–water partition coefficient (Wildman–Crippen LogP) is 4.03. The van der Waals surface area contributed by atoms with Crippen molar-refractivity contribution in [1.82, 2.24) is 9.88 Å². The number of aromatic nitrogens is 1. The summed E-state index contributed by atoms with van der Waals surface area (Å²) in [4.78, 5) is 27.8. The van der Waals surface area contributed by atoms with Crippen LogP contribution in [0.4, 0.5) is 26.3 Å². The first-order chi connectivity index (χ1) is 13.5. The molecule has 0 saturated heterocycles. The molecule has 1 aromatic heterocycles. The van der Waals surface area contributed by atoms with Gasteiger partial charge in [-0.25, -0.2) is 13.2 Å². The Morgan fingerprint density at radius 1 is 1.10 bits per heavy atom. The van der Waals surface area contributed by atoms with Gasteiger partial charge in [0.15, 0.2) is 0 Å². The van der Waals surface area contributed by atoms with E-state index in [1.807, 2.05) is 0 Å². The molecule has 1 aliphatic heterocycles. The average Bonchev–Trinajstić information content (AvgIpc) is 2.66. The highest BCUT2D eigenvalue weighted by Gasteiger charge is 2.49. The Hall–Kier alpha value is -3.11. The molecule has 3 unspecified atom stereocenters. The number of pyridine rings is 1. The molecule has 0 fully saturated rings. The lowest BCUT2D eigenvalue weighted by atomic mass is 9.80. The number of hydrogen-bond acceptors (Lipinski definition) is 3. The van der Waals surface area contributed by atoms with Crippen LogP contribution < -0.4 is 0 Å². The topological polar surface area (TPSA) is 70.5 Å². The van der Waals surface area contributed by atoms with Gasteiger partial charge in [-0.1, -0.05) is 24.3 Å². The van der Waals surface area contributed by atoms with Gasteiger partial charge < -0.3 is 5.11 Å². The highest BCUT2D eigenvalue weighted by atomic mass is 19.4. The molecule has 154 valence electrons. The van der Waals surface area contributed by atoms with E-state index in [1.165, 1.54) is 24.3 Å². The summed E-state index contributed by atoms with van der Waals surface area (Å²) in [6.45, 7) is 0. The maximum Gasteiger partial charge on any atom is 0.433 e. The Balaban J connectivity index is 2.21. The smallest absolute Gasteiger partial charge is 0.433 e. The summed E-state index contributed by atoms with van der Waals surface area (Å²) in [5.41, 5.74) is -1.98. The van der Waals surface area contributed by atoms with Crippen molar-refractivity contribution >= 4 is 11.9 Å². The zero-order chi connectivity index (χ0) is 21.5. The van der Waals surface area contributed by atoms with Crippen molar-refractivity contribution in [3.05, 3.63) is 65.0 Å². The third-order valence-corrected chi connectivity index (χ3v) is 4.53. The fourth-order valence-electron chi connectivity index (χ4n) is 3.31. The highest BCUT2D eigenvalue weighted by Crippen LogP contribution is 2.45. The van der Waals surface area contributed by atoms with E-state index in [4.69, 9.17) is 0 Å². The normalized spacial score (nSPS) is 20.5. The van der Waals surface area contributed by atoms with Gasteiger partial charge >= 0.3 is 12.1 Å². The lowest BCUT2D eigenvalue weighted by Gasteiger charge is -2.41. The summed E-state index contributed by atoms with van der Waals surface area (Å²) >= 11 is 0. The molecule has 1 aromatic carbocycles. The Kier molecular flexibility index (Phi) is 5.24. The average molecular weight is 418 g/mol. The van der Waals surface area contributed by atoms with Gasteiger partial charge in [0.25, 0.3) is 12.3 Å². The second-order valence-electron chi connectivity index (χ2n) is 6.24. The number of aliphatic carboxylic acids is 1. The van der Waals surface area contributed by atoms with Crippen LogP contribution in [0.2, 0.25) is 0 Å². The predicted molar refractivity (Wildman–Crippen MR) is 85.9 cm³/mol. The molecule has 2 aromatic rings. The van der Waals surface area contributed by atoms with E-state index in [2.05, 4.69) is 4.98 Å². The Labute approximate surface area is 159 Å². The molecule has 0 spiro atoms. The van der Waals surface area contributed by atoms with E-state index in [9.17, 15) is 41.0 Å². The molecule has 0 bridgehead atoms. The Bertz CT molecular complexity index is 932. The molecule has 1 amide bonds. The summed E-state index contributed by atoms with van der Waals surface area (Å²) < 4.78 is 78.9. The van der Waals surface area contributed by atoms with Gasteiger partial charge in [-0.3, -0.25) is 19.5 Å². The highest BCUT2D eigenvalue weighted by molar-refractivity contribution is 6.00. The molecular formula is C18H12F6N2O3. The van der Waals surface area contributed by atoms with Crippen LogP contribution in [-0.4, -0.2) is 39.6 Å². The zero-order valence-electron chi connectivity index (χ0n) is 14.3. The van der Waals surface area contributed by atoms with Crippen molar-refractivity contribution in [1.29, 1.82) is 0 Å². The second-order valence-corrected chi connectivity index (χ2v) is 6.24. The van der Waals surface area contributed by atoms with E-state index in [0.29, 0.717) is 12.3 Å². The van der Waals surface area contributed by atoms with Gasteiger partial charge in [0.2, 0.25) is 6.30 Å². The first-order valence-corrected chi connectivity index (χ1v) is 8.13. The summed E-state index contributed by atoms with van der Waals surface area (Å²) in [5, 5.41) is 9.68. The van der Waals surface area contributed by atoms with Crippen molar-refractivity contribution in [2.24, 2.45) is 0 Å². The Morgan fingerprint density at radius 2 is 1.76 bits per heavy atom. The van der Waals surface area contributed by atoms with Crippen molar-refractivity contribution in [2.75, 3.05) is 0 Å². The van der Waals surface area contributed by atoms with Crippen molar-refractivity contribution in [3.8, 4) is 0 Å². The van der Waals surface area contributed by atoms with Crippen molar-refractivity contribution in [3.63, 3.8) is 0 Å². The third kappa shape index (κ3) is 3.64. The lowest BCUT2D eigenvalue weighted by molar-refractivity contribution is -0.143. The van der Waals surface area contributed by atoms with E-state index < -0.39 is 48.4 Å². The second kappa shape index (κ2) is 7.37. The molecule has 3 rings (SSSR count). The van der Waals surface area contributed by atoms with Crippen LogP contribution in [0.25, 0.3) is 0 Å². The van der Waals surface area contributed by atoms with Gasteiger partial charge in [-0.05, 0) is 23.3 Å². The number of hydrogen-bond donors (Lipinski definition) is 1. The fraction of sp³-hybridized carbons (Fsp3) is 0.278. The maximum atomic E-state index is 14.4. The zero-order valence-corrected chi connectivity index (χ0v) is 14.3. The minimum Gasteiger partial charge on any atom is -0.481 e. The first-order valence-electron chi connectivity index (χ1n) is 8.13. The molecule has 0 radical (unpaired) electrons. The van der Waals surface area contributed by atoms with Crippen LogP contribution in [0.5, 0.6) is 0 Å². The molecule has 11 heteroatoms. The number of carbonyl (C=O) groups is 2. The van der Waals surface area contributed by atoms with Gasteiger partial charge in [-0.15, -0.1) is 0 Å². The number of amides is 1. The lowest BCUT2D eigenvalue weighted by Crippen LogP contribution is -2.50. The number of halogens is 6. The summed E-state index contributed by atoms with van der Waals surface area (Å²) in [6.07, 6.45) is -11.0. The number of carbonyl (C=O) groups excluding carboxylic acids is 1. The first kappa shape index (κ1) is 20.6. The fourth-order valence-corrected chi connectivity index (χ4v) is 3.31. The minimum atomic E-state index is -4.80. The van der Waals surface area contributed by atoms with Gasteiger partial charge in [0.05, 0.1) is 6.04 Å². The molecule has 1 aliphatic rings. The molecule has 29 heavy (non-hydrogen) atoms. The number of carboxylic acid groups (broad SMARTS) is 1. The number of rotatable bonds is 4. The monoisotopic (exact) mass is 418 g/mol. The SMILES string of the molecule is O=C(O)C1c2ccccc2C(=O)N(C(F)C(F)F)C1c1ccc(C(F)(F)F)nc1. The molecular weight excluding hydrogens is 406 g/mol. The quantitative estimate of drug-likeness (QED) is 0.602. The van der Waals surface area contributed by atoms with E-state index in [0.717, 1.165) is 6.07 Å². The Morgan fingerprint density at radius 3 is 2.28 bits per heavy atom. The largest absolute Gasteiger partial charge is 0.481 e. The summed E-state index contributed by atoms with van der Waals surface area (Å²) in [7, 11) is 0. The third-order valence-electron chi connectivity index (χ3n) is 4.53. The molecule has 1 N–H and O–H groups in total. The molecule has 0 aliphatic carbocycles. The van der Waals surface area contributed by atoms with Crippen LogP contribution >= 0.6 is 0 Å². The number of nitrogens with zero attached hydrogens (tertiary/aromatic N) is 2. The van der Waals surface area contributed by atoms with E-state index in [1.54, 1.807) is 0 Å². The number of fused-ring (bicyclic) bond motifs is 1. The van der Waals surface area contributed by atoms with Crippen LogP contribution in [0, 0.1) is 0 Å². The standard InChI is InChI=1S/C18H12F6N2O3/c19-14(20)15(21)26-13(8-5-6-11(25-7-8)18(22,23)24)12(17(28)29)9-3-1-2-4-10(9)16(26)27/h1-7,12-15H,(H,28,29). The molecule has 5 nitrogen and oxygen atoms in total. The van der Waals surface area contributed by atoms with Crippen molar-refractivity contribution < 1.29 is 41.0 Å². The summed E-state index contributed by atoms with van der Waals surface area (Å²) in [5.74, 6) is -4.46. The molecule has 0 saturated carbocycles.